The second-order valence-corrected chi connectivity index (χ2v) is 3.09. The lowest BCUT2D eigenvalue weighted by atomic mass is 10.3. The molecule has 0 fully saturated rings. The largest absolute Gasteiger partial charge is 0.390 e. The van der Waals surface area contributed by atoms with Crippen LogP contribution in [0.15, 0.2) is 6.07 Å². The van der Waals surface area contributed by atoms with Crippen molar-refractivity contribution in [3.05, 3.63) is 21.9 Å². The number of carbonyl (C=O) groups is 1. The molecule has 0 N–H and O–H groups in total. The molecule has 0 radical (unpaired) electrons. The molecule has 14 heavy (non-hydrogen) atoms. The van der Waals surface area contributed by atoms with Gasteiger partial charge in [-0.3, -0.25) is 4.79 Å². The van der Waals surface area contributed by atoms with Gasteiger partial charge in [-0.1, -0.05) is 0 Å². The van der Waals surface area contributed by atoms with Gasteiger partial charge in [0.05, 0.1) is 17.7 Å². The number of fused-ring (bicyclic) bond motifs is 1. The van der Waals surface area contributed by atoms with E-state index in [0.717, 1.165) is 0 Å². The van der Waals surface area contributed by atoms with Gasteiger partial charge in [-0.05, 0) is 4.92 Å². The van der Waals surface area contributed by atoms with E-state index in [4.69, 9.17) is 0 Å². The molecule has 1 aromatic rings. The predicted octanol–water partition coefficient (Wildman–Crippen LogP) is -0.123. The average molecular weight is 196 g/mol. The zero-order chi connectivity index (χ0) is 10.3. The standard InChI is InChI=1S/C7H8N4O3/c1-9-2-3-10-5(7(9)12)4-6(8-10)11(13)14/h4H,2-3H2,1H3. The molecular weight excluding hydrogens is 188 g/mol. The zero-order valence-electron chi connectivity index (χ0n) is 7.51. The lowest BCUT2D eigenvalue weighted by molar-refractivity contribution is -0.389. The molecule has 0 atom stereocenters. The van der Waals surface area contributed by atoms with Gasteiger partial charge in [0, 0.05) is 13.6 Å². The Labute approximate surface area is 79.1 Å². The first kappa shape index (κ1) is 8.67. The molecule has 2 rings (SSSR count). The minimum atomic E-state index is -0.599. The summed E-state index contributed by atoms with van der Waals surface area (Å²) in [5, 5.41) is 14.1. The molecule has 0 saturated carbocycles. The lowest BCUT2D eigenvalue weighted by Gasteiger charge is -2.20. The van der Waals surface area contributed by atoms with E-state index in [1.165, 1.54) is 15.6 Å². The van der Waals surface area contributed by atoms with Gasteiger partial charge in [0.15, 0.2) is 5.69 Å². The Kier molecular flexibility index (Phi) is 1.73. The molecule has 1 aliphatic heterocycles. The van der Waals surface area contributed by atoms with Crippen LogP contribution in [-0.4, -0.2) is 39.1 Å². The molecule has 2 heterocycles. The van der Waals surface area contributed by atoms with Crippen LogP contribution in [0.1, 0.15) is 10.5 Å². The molecule has 1 amide bonds. The Balaban J connectivity index is 2.46. The van der Waals surface area contributed by atoms with E-state index >= 15 is 0 Å². The predicted molar refractivity (Wildman–Crippen MR) is 45.8 cm³/mol. The molecule has 0 aliphatic carbocycles. The van der Waals surface area contributed by atoms with Crippen LogP contribution in [0.5, 0.6) is 0 Å². The summed E-state index contributed by atoms with van der Waals surface area (Å²) in [6, 6.07) is 1.21. The minimum absolute atomic E-state index is 0.225. The van der Waals surface area contributed by atoms with E-state index in [1.54, 1.807) is 7.05 Å². The first-order valence-corrected chi connectivity index (χ1v) is 4.07. The van der Waals surface area contributed by atoms with Gasteiger partial charge in [0.25, 0.3) is 5.91 Å². The fourth-order valence-electron chi connectivity index (χ4n) is 1.38. The number of aromatic nitrogens is 2. The highest BCUT2D eigenvalue weighted by atomic mass is 16.6. The van der Waals surface area contributed by atoms with Crippen LogP contribution in [0.2, 0.25) is 0 Å². The number of likely N-dealkylation sites (N-methyl/N-ethyl adjacent to an activating group) is 1. The summed E-state index contributed by atoms with van der Waals surface area (Å²) in [5.41, 5.74) is 0.283. The highest BCUT2D eigenvalue weighted by Crippen LogP contribution is 2.16. The number of nitro groups is 1. The first-order valence-electron chi connectivity index (χ1n) is 4.07. The molecule has 0 unspecified atom stereocenters. The average Bonchev–Trinajstić information content (AvgIpc) is 2.56. The van der Waals surface area contributed by atoms with Crippen molar-refractivity contribution in [2.45, 2.75) is 6.54 Å². The molecule has 0 aromatic carbocycles. The second-order valence-electron chi connectivity index (χ2n) is 3.09. The fraction of sp³-hybridized carbons (Fsp3) is 0.429. The number of hydrogen-bond donors (Lipinski definition) is 0. The fourth-order valence-corrected chi connectivity index (χ4v) is 1.38. The number of amides is 1. The zero-order valence-corrected chi connectivity index (χ0v) is 7.51. The molecular formula is C7H8N4O3. The van der Waals surface area contributed by atoms with Crippen molar-refractivity contribution in [3.8, 4) is 0 Å². The van der Waals surface area contributed by atoms with Crippen molar-refractivity contribution in [1.82, 2.24) is 14.7 Å². The Bertz CT molecular complexity index is 411. The number of hydrogen-bond acceptors (Lipinski definition) is 4. The van der Waals surface area contributed by atoms with Crippen LogP contribution >= 0.6 is 0 Å². The Hall–Kier alpha value is -1.92. The summed E-state index contributed by atoms with van der Waals surface area (Å²) in [4.78, 5) is 22.8. The smallest absolute Gasteiger partial charge is 0.358 e. The third-order valence-electron chi connectivity index (χ3n) is 2.17. The first-order chi connectivity index (χ1) is 6.59. The van der Waals surface area contributed by atoms with E-state index in [1.807, 2.05) is 0 Å². The number of rotatable bonds is 1. The molecule has 0 bridgehead atoms. The quantitative estimate of drug-likeness (QED) is 0.463. The van der Waals surface area contributed by atoms with Gasteiger partial charge < -0.3 is 15.0 Å². The molecule has 0 saturated heterocycles. The second kappa shape index (κ2) is 2.79. The van der Waals surface area contributed by atoms with Crippen molar-refractivity contribution >= 4 is 11.7 Å². The Morgan fingerprint density at radius 2 is 2.29 bits per heavy atom. The summed E-state index contributed by atoms with van der Waals surface area (Å²) in [5.74, 6) is -0.500. The van der Waals surface area contributed by atoms with E-state index in [-0.39, 0.29) is 17.4 Å². The van der Waals surface area contributed by atoms with Crippen LogP contribution in [-0.2, 0) is 6.54 Å². The van der Waals surface area contributed by atoms with Gasteiger partial charge in [-0.2, -0.15) is 4.68 Å². The SMILES string of the molecule is CN1CCn2nc([N+](=O)[O-])cc2C1=O. The van der Waals surface area contributed by atoms with Gasteiger partial charge in [-0.15, -0.1) is 0 Å². The molecule has 1 aliphatic rings. The number of nitrogens with zero attached hydrogens (tertiary/aromatic N) is 4. The molecule has 74 valence electrons. The van der Waals surface area contributed by atoms with Crippen molar-refractivity contribution < 1.29 is 9.72 Å². The minimum Gasteiger partial charge on any atom is -0.358 e. The van der Waals surface area contributed by atoms with Crippen LogP contribution in [0, 0.1) is 10.1 Å². The summed E-state index contributed by atoms with van der Waals surface area (Å²) < 4.78 is 1.38. The van der Waals surface area contributed by atoms with Gasteiger partial charge >= 0.3 is 5.82 Å². The Morgan fingerprint density at radius 1 is 1.57 bits per heavy atom. The summed E-state index contributed by atoms with van der Waals surface area (Å²) in [6.07, 6.45) is 0. The van der Waals surface area contributed by atoms with Crippen LogP contribution in [0.4, 0.5) is 5.82 Å². The van der Waals surface area contributed by atoms with Gasteiger partial charge in [0.1, 0.15) is 0 Å². The van der Waals surface area contributed by atoms with Crippen LogP contribution in [0.25, 0.3) is 0 Å². The molecule has 1 aromatic heterocycles. The topological polar surface area (TPSA) is 81.3 Å². The molecule has 7 heteroatoms. The van der Waals surface area contributed by atoms with E-state index in [0.29, 0.717) is 13.1 Å². The van der Waals surface area contributed by atoms with Crippen LogP contribution in [0.3, 0.4) is 0 Å². The van der Waals surface area contributed by atoms with Crippen LogP contribution < -0.4 is 0 Å². The summed E-state index contributed by atoms with van der Waals surface area (Å²) >= 11 is 0. The highest BCUT2D eigenvalue weighted by molar-refractivity contribution is 5.93. The molecule has 0 spiro atoms. The normalized spacial score (nSPS) is 15.5. The van der Waals surface area contributed by atoms with Crippen molar-refractivity contribution in [1.29, 1.82) is 0 Å². The third kappa shape index (κ3) is 1.13. The summed E-state index contributed by atoms with van der Waals surface area (Å²) in [6.45, 7) is 1.04. The highest BCUT2D eigenvalue weighted by Gasteiger charge is 2.28. The van der Waals surface area contributed by atoms with E-state index < -0.39 is 4.92 Å². The number of carbonyl (C=O) groups excluding carboxylic acids is 1. The summed E-state index contributed by atoms with van der Waals surface area (Å²) in [7, 11) is 1.66. The van der Waals surface area contributed by atoms with Gasteiger partial charge in [0.2, 0.25) is 0 Å². The van der Waals surface area contributed by atoms with Crippen molar-refractivity contribution in [2.24, 2.45) is 0 Å². The molecule has 7 nitrogen and oxygen atoms in total. The maximum absolute atomic E-state index is 11.5. The monoisotopic (exact) mass is 196 g/mol. The van der Waals surface area contributed by atoms with Crippen molar-refractivity contribution in [3.63, 3.8) is 0 Å². The maximum atomic E-state index is 11.5. The maximum Gasteiger partial charge on any atom is 0.390 e. The van der Waals surface area contributed by atoms with E-state index in [2.05, 4.69) is 5.10 Å². The van der Waals surface area contributed by atoms with Crippen molar-refractivity contribution in [2.75, 3.05) is 13.6 Å². The van der Waals surface area contributed by atoms with E-state index in [9.17, 15) is 14.9 Å². The van der Waals surface area contributed by atoms with Gasteiger partial charge in [-0.25, -0.2) is 0 Å². The lowest BCUT2D eigenvalue weighted by Crippen LogP contribution is -2.37. The Morgan fingerprint density at radius 3 is 2.93 bits per heavy atom. The third-order valence-corrected chi connectivity index (χ3v) is 2.17.